The Kier molecular flexibility index (Phi) is 2.90. The average molecular weight is 210 g/mol. The fourth-order valence-corrected chi connectivity index (χ4v) is 1.40. The largest absolute Gasteiger partial charge is 0.256 e. The predicted octanol–water partition coefficient (Wildman–Crippen LogP) is 3.02. The summed E-state index contributed by atoms with van der Waals surface area (Å²) in [5.41, 5.74) is 3.65. The Morgan fingerprint density at radius 2 is 1.88 bits per heavy atom. The van der Waals surface area contributed by atoms with E-state index in [2.05, 4.69) is 9.98 Å². The number of carbonyl (C=O) groups excluding carboxylic acids is 1. The Balaban J connectivity index is 2.34. The molecule has 3 nitrogen and oxygen atoms in total. The first kappa shape index (κ1) is 10.3. The third kappa shape index (κ3) is 2.22. The van der Waals surface area contributed by atoms with Gasteiger partial charge in [0.1, 0.15) is 0 Å². The van der Waals surface area contributed by atoms with Crippen LogP contribution >= 0.6 is 0 Å². The molecule has 0 unspecified atom stereocenters. The highest BCUT2D eigenvalue weighted by atomic mass is 16.1. The topological polar surface area (TPSA) is 42.3 Å². The predicted molar refractivity (Wildman–Crippen MR) is 62.2 cm³/mol. The minimum Gasteiger partial charge on any atom is -0.256 e. The molecule has 0 aliphatic carbocycles. The fourth-order valence-electron chi connectivity index (χ4n) is 1.40. The zero-order valence-electron chi connectivity index (χ0n) is 8.84. The quantitative estimate of drug-likeness (QED) is 0.564. The SMILES string of the molecule is Cc1ccc(-c2ccc(N=C=O)cc2)nc1. The molecule has 1 aromatic heterocycles. The van der Waals surface area contributed by atoms with Crippen LogP contribution in [0.15, 0.2) is 47.6 Å². The second kappa shape index (κ2) is 4.51. The third-order valence-corrected chi connectivity index (χ3v) is 2.25. The summed E-state index contributed by atoms with van der Waals surface area (Å²) in [6.45, 7) is 2.00. The molecule has 0 saturated carbocycles. The van der Waals surface area contributed by atoms with Crippen molar-refractivity contribution in [3.05, 3.63) is 48.2 Å². The molecule has 0 spiro atoms. The van der Waals surface area contributed by atoms with E-state index in [0.29, 0.717) is 5.69 Å². The average Bonchev–Trinajstić information content (AvgIpc) is 2.32. The number of rotatable bonds is 2. The minimum atomic E-state index is 0.603. The van der Waals surface area contributed by atoms with Crippen molar-refractivity contribution in [2.45, 2.75) is 6.92 Å². The molecule has 78 valence electrons. The van der Waals surface area contributed by atoms with Gasteiger partial charge in [-0.1, -0.05) is 18.2 Å². The number of aryl methyl sites for hydroxylation is 1. The summed E-state index contributed by atoms with van der Waals surface area (Å²) in [6, 6.07) is 11.3. The molecule has 0 aliphatic heterocycles. The highest BCUT2D eigenvalue weighted by Crippen LogP contribution is 2.20. The number of hydrogen-bond acceptors (Lipinski definition) is 3. The first-order valence-corrected chi connectivity index (χ1v) is 4.90. The fraction of sp³-hybridized carbons (Fsp3) is 0.0769. The zero-order valence-corrected chi connectivity index (χ0v) is 8.84. The Bertz CT molecular complexity index is 523. The summed E-state index contributed by atoms with van der Waals surface area (Å²) in [4.78, 5) is 17.9. The number of nitrogens with zero attached hydrogens (tertiary/aromatic N) is 2. The number of isocyanates is 1. The van der Waals surface area contributed by atoms with E-state index in [1.807, 2.05) is 37.4 Å². The molecule has 1 aromatic carbocycles. The number of benzene rings is 1. The Hall–Kier alpha value is -2.25. The standard InChI is InChI=1S/C13H10N2O/c1-10-2-7-13(14-8-10)11-3-5-12(6-4-11)15-9-16/h2-8H,1H3. The Morgan fingerprint density at radius 1 is 1.12 bits per heavy atom. The van der Waals surface area contributed by atoms with Crippen LogP contribution in [0.4, 0.5) is 5.69 Å². The van der Waals surface area contributed by atoms with Gasteiger partial charge in [0, 0.05) is 11.8 Å². The minimum absolute atomic E-state index is 0.603. The van der Waals surface area contributed by atoms with Gasteiger partial charge in [-0.05, 0) is 30.7 Å². The maximum atomic E-state index is 10.1. The third-order valence-electron chi connectivity index (χ3n) is 2.25. The van der Waals surface area contributed by atoms with Gasteiger partial charge in [0.05, 0.1) is 11.4 Å². The summed E-state index contributed by atoms with van der Waals surface area (Å²) < 4.78 is 0. The normalized spacial score (nSPS) is 9.56. The lowest BCUT2D eigenvalue weighted by Crippen LogP contribution is -1.83. The smallest absolute Gasteiger partial charge is 0.240 e. The summed E-state index contributed by atoms with van der Waals surface area (Å²) in [5.74, 6) is 0. The van der Waals surface area contributed by atoms with Gasteiger partial charge in [-0.2, -0.15) is 4.99 Å². The van der Waals surface area contributed by atoms with Gasteiger partial charge in [0.15, 0.2) is 0 Å². The molecule has 2 rings (SSSR count). The van der Waals surface area contributed by atoms with E-state index >= 15 is 0 Å². The molecule has 0 amide bonds. The maximum absolute atomic E-state index is 10.1. The van der Waals surface area contributed by atoms with Crippen LogP contribution in [-0.2, 0) is 4.79 Å². The van der Waals surface area contributed by atoms with Crippen LogP contribution in [0.25, 0.3) is 11.3 Å². The van der Waals surface area contributed by atoms with E-state index in [4.69, 9.17) is 0 Å². The lowest BCUT2D eigenvalue weighted by molar-refractivity contribution is 0.565. The molecule has 0 fully saturated rings. The van der Waals surface area contributed by atoms with E-state index in [1.54, 1.807) is 12.1 Å². The van der Waals surface area contributed by atoms with Crippen molar-refractivity contribution in [2.75, 3.05) is 0 Å². The summed E-state index contributed by atoms with van der Waals surface area (Å²) >= 11 is 0. The second-order valence-corrected chi connectivity index (χ2v) is 3.47. The lowest BCUT2D eigenvalue weighted by atomic mass is 10.1. The van der Waals surface area contributed by atoms with Crippen molar-refractivity contribution in [1.82, 2.24) is 4.98 Å². The molecule has 0 radical (unpaired) electrons. The van der Waals surface area contributed by atoms with Crippen LogP contribution in [-0.4, -0.2) is 11.1 Å². The number of pyridine rings is 1. The van der Waals surface area contributed by atoms with E-state index in [0.717, 1.165) is 16.8 Å². The second-order valence-electron chi connectivity index (χ2n) is 3.47. The zero-order chi connectivity index (χ0) is 11.4. The van der Waals surface area contributed by atoms with E-state index in [1.165, 1.54) is 6.08 Å². The van der Waals surface area contributed by atoms with Crippen molar-refractivity contribution < 1.29 is 4.79 Å². The van der Waals surface area contributed by atoms with Gasteiger partial charge >= 0.3 is 0 Å². The number of hydrogen-bond donors (Lipinski definition) is 0. The molecule has 0 atom stereocenters. The summed E-state index contributed by atoms with van der Waals surface area (Å²) in [7, 11) is 0. The van der Waals surface area contributed by atoms with Gasteiger partial charge in [-0.3, -0.25) is 4.98 Å². The van der Waals surface area contributed by atoms with E-state index < -0.39 is 0 Å². The van der Waals surface area contributed by atoms with Crippen molar-refractivity contribution >= 4 is 11.8 Å². The molecule has 0 aliphatic rings. The summed E-state index contributed by atoms with van der Waals surface area (Å²) in [5, 5.41) is 0. The molecule has 1 heterocycles. The lowest BCUT2D eigenvalue weighted by Gasteiger charge is -2.01. The molecule has 16 heavy (non-hydrogen) atoms. The van der Waals surface area contributed by atoms with Crippen molar-refractivity contribution in [2.24, 2.45) is 4.99 Å². The first-order chi connectivity index (χ1) is 7.79. The van der Waals surface area contributed by atoms with Crippen LogP contribution in [0.1, 0.15) is 5.56 Å². The molecule has 0 saturated heterocycles. The molecule has 2 aromatic rings. The number of aromatic nitrogens is 1. The Morgan fingerprint density at radius 3 is 2.44 bits per heavy atom. The monoisotopic (exact) mass is 210 g/mol. The van der Waals surface area contributed by atoms with Crippen LogP contribution < -0.4 is 0 Å². The van der Waals surface area contributed by atoms with E-state index in [-0.39, 0.29) is 0 Å². The van der Waals surface area contributed by atoms with E-state index in [9.17, 15) is 4.79 Å². The van der Waals surface area contributed by atoms with Crippen LogP contribution in [0.3, 0.4) is 0 Å². The van der Waals surface area contributed by atoms with Crippen LogP contribution in [0, 0.1) is 6.92 Å². The molecule has 3 heteroatoms. The Labute approximate surface area is 93.5 Å². The molecule has 0 bridgehead atoms. The van der Waals surface area contributed by atoms with Gasteiger partial charge < -0.3 is 0 Å². The van der Waals surface area contributed by atoms with Crippen molar-refractivity contribution in [3.63, 3.8) is 0 Å². The van der Waals surface area contributed by atoms with Crippen LogP contribution in [0.5, 0.6) is 0 Å². The van der Waals surface area contributed by atoms with Crippen molar-refractivity contribution in [1.29, 1.82) is 0 Å². The van der Waals surface area contributed by atoms with Gasteiger partial charge in [0.25, 0.3) is 0 Å². The molecule has 0 N–H and O–H groups in total. The van der Waals surface area contributed by atoms with Gasteiger partial charge in [-0.25, -0.2) is 4.79 Å². The molecular formula is C13H10N2O. The maximum Gasteiger partial charge on any atom is 0.240 e. The first-order valence-electron chi connectivity index (χ1n) is 4.90. The molecular weight excluding hydrogens is 200 g/mol. The van der Waals surface area contributed by atoms with Crippen LogP contribution in [0.2, 0.25) is 0 Å². The van der Waals surface area contributed by atoms with Gasteiger partial charge in [-0.15, -0.1) is 0 Å². The highest BCUT2D eigenvalue weighted by Gasteiger charge is 1.98. The van der Waals surface area contributed by atoms with Gasteiger partial charge in [0.2, 0.25) is 6.08 Å². The summed E-state index contributed by atoms with van der Waals surface area (Å²) in [6.07, 6.45) is 3.34. The van der Waals surface area contributed by atoms with Crippen molar-refractivity contribution in [3.8, 4) is 11.3 Å². The highest BCUT2D eigenvalue weighted by molar-refractivity contribution is 5.62. The number of aliphatic imine (C=N–C) groups is 1.